The summed E-state index contributed by atoms with van der Waals surface area (Å²) in [5.74, 6) is 0.536. The number of rotatable bonds is 1. The van der Waals surface area contributed by atoms with Crippen LogP contribution < -0.4 is 4.90 Å². The maximum absolute atomic E-state index is 8.88. The van der Waals surface area contributed by atoms with Crippen molar-refractivity contribution in [3.8, 4) is 12.1 Å². The molecule has 1 aliphatic heterocycles. The molecule has 1 fully saturated rings. The second-order valence-electron chi connectivity index (χ2n) is 3.54. The monoisotopic (exact) mass is 248 g/mol. The van der Waals surface area contributed by atoms with Gasteiger partial charge in [0.1, 0.15) is 16.9 Å². The van der Waals surface area contributed by atoms with Gasteiger partial charge in [0.25, 0.3) is 0 Å². The SMILES string of the molecule is N#Cc1ccnc(N2CCOC(C#N)C2)c1Cl. The Bertz CT molecular complexity index is 505. The van der Waals surface area contributed by atoms with Gasteiger partial charge in [0, 0.05) is 12.7 Å². The van der Waals surface area contributed by atoms with E-state index in [1.54, 1.807) is 6.07 Å². The predicted octanol–water partition coefficient (Wildman–Crippen LogP) is 1.34. The molecule has 6 heteroatoms. The van der Waals surface area contributed by atoms with Crippen molar-refractivity contribution >= 4 is 17.4 Å². The maximum Gasteiger partial charge on any atom is 0.161 e. The van der Waals surface area contributed by atoms with Crippen molar-refractivity contribution in [3.63, 3.8) is 0 Å². The lowest BCUT2D eigenvalue weighted by Gasteiger charge is -2.31. The number of nitrogens with zero attached hydrogens (tertiary/aromatic N) is 4. The van der Waals surface area contributed by atoms with Crippen LogP contribution in [0.3, 0.4) is 0 Å². The minimum atomic E-state index is -0.479. The van der Waals surface area contributed by atoms with Crippen molar-refractivity contribution in [2.75, 3.05) is 24.6 Å². The molecule has 0 aromatic carbocycles. The molecule has 2 heterocycles. The summed E-state index contributed by atoms with van der Waals surface area (Å²) in [6.07, 6.45) is 1.06. The molecule has 0 bridgehead atoms. The van der Waals surface area contributed by atoms with Gasteiger partial charge >= 0.3 is 0 Å². The van der Waals surface area contributed by atoms with Gasteiger partial charge < -0.3 is 9.64 Å². The zero-order valence-corrected chi connectivity index (χ0v) is 9.68. The molecule has 0 amide bonds. The van der Waals surface area contributed by atoms with Crippen LogP contribution in [0.25, 0.3) is 0 Å². The fraction of sp³-hybridized carbons (Fsp3) is 0.364. The van der Waals surface area contributed by atoms with Crippen LogP contribution in [0.1, 0.15) is 5.56 Å². The zero-order chi connectivity index (χ0) is 12.3. The second kappa shape index (κ2) is 5.01. The quantitative estimate of drug-likeness (QED) is 0.750. The van der Waals surface area contributed by atoms with Gasteiger partial charge in [-0.05, 0) is 6.07 Å². The lowest BCUT2D eigenvalue weighted by Crippen LogP contribution is -2.42. The van der Waals surface area contributed by atoms with Crippen molar-refractivity contribution in [1.29, 1.82) is 10.5 Å². The summed E-state index contributed by atoms with van der Waals surface area (Å²) in [5, 5.41) is 18.0. The third-order valence-corrected chi connectivity index (χ3v) is 2.87. The molecular formula is C11H9ClN4O. The number of aromatic nitrogens is 1. The average Bonchev–Trinajstić information content (AvgIpc) is 2.39. The molecule has 1 saturated heterocycles. The Labute approximate surface area is 104 Å². The maximum atomic E-state index is 8.88. The molecule has 0 N–H and O–H groups in total. The number of anilines is 1. The molecule has 1 aliphatic rings. The van der Waals surface area contributed by atoms with E-state index in [2.05, 4.69) is 11.1 Å². The number of halogens is 1. The zero-order valence-electron chi connectivity index (χ0n) is 8.93. The van der Waals surface area contributed by atoms with Crippen molar-refractivity contribution in [3.05, 3.63) is 22.8 Å². The van der Waals surface area contributed by atoms with Gasteiger partial charge in [-0.2, -0.15) is 10.5 Å². The van der Waals surface area contributed by atoms with Crippen molar-refractivity contribution in [2.45, 2.75) is 6.10 Å². The van der Waals surface area contributed by atoms with Gasteiger partial charge in [0.05, 0.1) is 24.8 Å². The van der Waals surface area contributed by atoms with Gasteiger partial charge in [0.15, 0.2) is 6.10 Å². The molecule has 1 aromatic heterocycles. The van der Waals surface area contributed by atoms with Gasteiger partial charge in [-0.1, -0.05) is 11.6 Å². The van der Waals surface area contributed by atoms with Crippen molar-refractivity contribution in [1.82, 2.24) is 4.98 Å². The smallest absolute Gasteiger partial charge is 0.161 e. The molecule has 5 nitrogen and oxygen atoms in total. The van der Waals surface area contributed by atoms with Crippen LogP contribution in [0.2, 0.25) is 5.02 Å². The van der Waals surface area contributed by atoms with Gasteiger partial charge in [-0.15, -0.1) is 0 Å². The summed E-state index contributed by atoms with van der Waals surface area (Å²) in [6, 6.07) is 5.62. The highest BCUT2D eigenvalue weighted by molar-refractivity contribution is 6.34. The van der Waals surface area contributed by atoms with Crippen LogP contribution in [0.15, 0.2) is 12.3 Å². The minimum absolute atomic E-state index is 0.327. The first-order chi connectivity index (χ1) is 8.26. The molecule has 17 heavy (non-hydrogen) atoms. The normalized spacial score (nSPS) is 19.5. The molecule has 0 saturated carbocycles. The summed E-state index contributed by atoms with van der Waals surface area (Å²) in [6.45, 7) is 1.48. The largest absolute Gasteiger partial charge is 0.360 e. The highest BCUT2D eigenvalue weighted by atomic mass is 35.5. The summed E-state index contributed by atoms with van der Waals surface area (Å²) in [7, 11) is 0. The molecule has 86 valence electrons. The number of morpholine rings is 1. The Morgan fingerprint density at radius 1 is 1.53 bits per heavy atom. The molecular weight excluding hydrogens is 240 g/mol. The summed E-state index contributed by atoms with van der Waals surface area (Å²) < 4.78 is 5.24. The first kappa shape index (κ1) is 11.7. The Balaban J connectivity index is 2.29. The van der Waals surface area contributed by atoms with Gasteiger partial charge in [-0.25, -0.2) is 4.98 Å². The highest BCUT2D eigenvalue weighted by Crippen LogP contribution is 2.27. The number of hydrogen-bond acceptors (Lipinski definition) is 5. The Morgan fingerprint density at radius 3 is 3.06 bits per heavy atom. The van der Waals surface area contributed by atoms with E-state index in [0.29, 0.717) is 36.1 Å². The topological polar surface area (TPSA) is 72.9 Å². The van der Waals surface area contributed by atoms with E-state index >= 15 is 0 Å². The first-order valence-corrected chi connectivity index (χ1v) is 5.45. The van der Waals surface area contributed by atoms with Crippen LogP contribution in [-0.4, -0.2) is 30.8 Å². The molecule has 1 aromatic rings. The minimum Gasteiger partial charge on any atom is -0.360 e. The molecule has 0 spiro atoms. The van der Waals surface area contributed by atoms with E-state index in [4.69, 9.17) is 26.9 Å². The van der Waals surface area contributed by atoms with Crippen LogP contribution in [0, 0.1) is 22.7 Å². The predicted molar refractivity (Wildman–Crippen MR) is 61.5 cm³/mol. The third kappa shape index (κ3) is 2.31. The Morgan fingerprint density at radius 2 is 2.35 bits per heavy atom. The lowest BCUT2D eigenvalue weighted by molar-refractivity contribution is 0.0761. The number of ether oxygens (including phenoxy) is 1. The standard InChI is InChI=1S/C11H9ClN4O/c12-10-8(5-13)1-2-15-11(10)16-3-4-17-9(6-14)7-16/h1-2,9H,3-4,7H2. The van der Waals surface area contributed by atoms with Crippen LogP contribution in [0.4, 0.5) is 5.82 Å². The molecule has 2 rings (SSSR count). The van der Waals surface area contributed by atoms with E-state index in [1.165, 1.54) is 6.20 Å². The second-order valence-corrected chi connectivity index (χ2v) is 3.92. The molecule has 1 unspecified atom stereocenters. The number of pyridine rings is 1. The van der Waals surface area contributed by atoms with Gasteiger partial charge in [-0.3, -0.25) is 0 Å². The van der Waals surface area contributed by atoms with E-state index in [-0.39, 0.29) is 0 Å². The van der Waals surface area contributed by atoms with Crippen molar-refractivity contribution in [2.24, 2.45) is 0 Å². The summed E-state index contributed by atoms with van der Waals surface area (Å²) in [5.41, 5.74) is 0.386. The van der Waals surface area contributed by atoms with E-state index in [9.17, 15) is 0 Å². The third-order valence-electron chi connectivity index (χ3n) is 2.50. The first-order valence-electron chi connectivity index (χ1n) is 5.07. The Hall–Kier alpha value is -1.82. The van der Waals surface area contributed by atoms with E-state index in [0.717, 1.165) is 0 Å². The molecule has 0 radical (unpaired) electrons. The Kier molecular flexibility index (Phi) is 3.43. The van der Waals surface area contributed by atoms with Crippen LogP contribution in [-0.2, 0) is 4.74 Å². The van der Waals surface area contributed by atoms with Gasteiger partial charge in [0.2, 0.25) is 0 Å². The van der Waals surface area contributed by atoms with Crippen LogP contribution in [0.5, 0.6) is 0 Å². The molecule has 0 aliphatic carbocycles. The number of hydrogen-bond donors (Lipinski definition) is 0. The molecule has 1 atom stereocenters. The number of nitriles is 2. The summed E-state index contributed by atoms with van der Waals surface area (Å²) >= 11 is 6.08. The summed E-state index contributed by atoms with van der Waals surface area (Å²) in [4.78, 5) is 6.02. The average molecular weight is 249 g/mol. The fourth-order valence-electron chi connectivity index (χ4n) is 1.66. The van der Waals surface area contributed by atoms with Crippen molar-refractivity contribution < 1.29 is 4.74 Å². The lowest BCUT2D eigenvalue weighted by atomic mass is 10.2. The van der Waals surface area contributed by atoms with Crippen LogP contribution >= 0.6 is 11.6 Å². The van der Waals surface area contributed by atoms with E-state index < -0.39 is 6.10 Å². The van der Waals surface area contributed by atoms with E-state index in [1.807, 2.05) is 11.0 Å². The highest BCUT2D eigenvalue weighted by Gasteiger charge is 2.23. The fourth-order valence-corrected chi connectivity index (χ4v) is 1.93.